The Labute approximate surface area is 190 Å². The summed E-state index contributed by atoms with van der Waals surface area (Å²) in [6, 6.07) is 22.7. The topological polar surface area (TPSA) is 54.5 Å². The van der Waals surface area contributed by atoms with Crippen molar-refractivity contribution in [3.05, 3.63) is 89.2 Å². The molecule has 1 fully saturated rings. The lowest BCUT2D eigenvalue weighted by atomic mass is 9.93. The Hall–Kier alpha value is -3.18. The molecule has 4 rings (SSSR count). The fourth-order valence-electron chi connectivity index (χ4n) is 4.46. The highest BCUT2D eigenvalue weighted by molar-refractivity contribution is 5.88. The van der Waals surface area contributed by atoms with E-state index in [0.29, 0.717) is 5.92 Å². The Bertz CT molecular complexity index is 1050. The number of rotatable bonds is 7. The van der Waals surface area contributed by atoms with Gasteiger partial charge in [0.1, 0.15) is 5.75 Å². The summed E-state index contributed by atoms with van der Waals surface area (Å²) in [5.41, 5.74) is 5.53. The number of hydrogen-bond donors (Lipinski definition) is 1. The molecule has 5 nitrogen and oxygen atoms in total. The number of anilines is 1. The Balaban J connectivity index is 1.41. The van der Waals surface area contributed by atoms with Crippen molar-refractivity contribution < 1.29 is 9.53 Å². The first-order valence-corrected chi connectivity index (χ1v) is 11.3. The summed E-state index contributed by atoms with van der Waals surface area (Å²) in [7, 11) is 1.71. The second-order valence-electron chi connectivity index (χ2n) is 8.49. The third-order valence-electron chi connectivity index (χ3n) is 6.00. The minimum atomic E-state index is -0.0444. The van der Waals surface area contributed by atoms with E-state index in [-0.39, 0.29) is 5.91 Å². The molecule has 0 saturated carbocycles. The summed E-state index contributed by atoms with van der Waals surface area (Å²) in [5.74, 6) is 1.31. The molecule has 1 aliphatic rings. The number of benzene rings is 2. The van der Waals surface area contributed by atoms with Gasteiger partial charge in [-0.3, -0.25) is 14.7 Å². The van der Waals surface area contributed by atoms with Gasteiger partial charge >= 0.3 is 0 Å². The first kappa shape index (κ1) is 22.0. The fourth-order valence-corrected chi connectivity index (χ4v) is 4.46. The number of amides is 1. The van der Waals surface area contributed by atoms with Gasteiger partial charge in [-0.25, -0.2) is 0 Å². The molecule has 1 unspecified atom stereocenters. The van der Waals surface area contributed by atoms with Crippen molar-refractivity contribution in [3.8, 4) is 5.75 Å². The van der Waals surface area contributed by atoms with Crippen LogP contribution in [0.25, 0.3) is 0 Å². The molecule has 0 aliphatic carbocycles. The van der Waals surface area contributed by atoms with Crippen LogP contribution in [0.3, 0.4) is 0 Å². The van der Waals surface area contributed by atoms with E-state index in [9.17, 15) is 4.79 Å². The molecule has 0 spiro atoms. The molecule has 1 N–H and O–H groups in total. The van der Waals surface area contributed by atoms with Crippen LogP contribution in [-0.2, 0) is 17.8 Å². The number of aromatic nitrogens is 1. The zero-order valence-corrected chi connectivity index (χ0v) is 18.9. The average Bonchev–Trinajstić information content (AvgIpc) is 2.81. The number of nitrogens with one attached hydrogen (secondary N) is 1. The lowest BCUT2D eigenvalue weighted by Crippen LogP contribution is -2.34. The number of hydrogen-bond acceptors (Lipinski definition) is 4. The van der Waals surface area contributed by atoms with Crippen LogP contribution in [0, 0.1) is 0 Å². The summed E-state index contributed by atoms with van der Waals surface area (Å²) in [4.78, 5) is 18.7. The van der Waals surface area contributed by atoms with E-state index in [2.05, 4.69) is 46.6 Å². The highest BCUT2D eigenvalue weighted by atomic mass is 16.5. The van der Waals surface area contributed by atoms with Gasteiger partial charge in [0, 0.05) is 55.0 Å². The highest BCUT2D eigenvalue weighted by Crippen LogP contribution is 2.28. The maximum atomic E-state index is 11.2. The molecular formula is C27H31N3O2. The molecule has 1 atom stereocenters. The zero-order chi connectivity index (χ0) is 22.3. The smallest absolute Gasteiger partial charge is 0.221 e. The summed E-state index contributed by atoms with van der Waals surface area (Å²) < 4.78 is 5.51. The Morgan fingerprint density at radius 2 is 1.91 bits per heavy atom. The van der Waals surface area contributed by atoms with E-state index in [0.717, 1.165) is 48.7 Å². The predicted molar refractivity (Wildman–Crippen MR) is 128 cm³/mol. The van der Waals surface area contributed by atoms with Crippen LogP contribution >= 0.6 is 0 Å². The van der Waals surface area contributed by atoms with Crippen LogP contribution in [0.15, 0.2) is 66.7 Å². The van der Waals surface area contributed by atoms with E-state index in [1.165, 1.54) is 31.0 Å². The summed E-state index contributed by atoms with van der Waals surface area (Å²) in [6.07, 6.45) is 3.12. The number of likely N-dealkylation sites (tertiary alicyclic amines) is 1. The molecule has 1 saturated heterocycles. The molecule has 2 heterocycles. The molecule has 3 aromatic rings. The van der Waals surface area contributed by atoms with Gasteiger partial charge in [-0.15, -0.1) is 0 Å². The van der Waals surface area contributed by atoms with E-state index >= 15 is 0 Å². The monoisotopic (exact) mass is 429 g/mol. The first-order valence-electron chi connectivity index (χ1n) is 11.3. The van der Waals surface area contributed by atoms with Crippen LogP contribution in [0.1, 0.15) is 48.2 Å². The number of piperidine rings is 1. The van der Waals surface area contributed by atoms with E-state index in [1.54, 1.807) is 7.11 Å². The standard InChI is InChI=1S/C27H31N3O2/c1-20(31)28-24-14-12-21(13-15-24)18-30-16-6-8-23(19-30)26-10-5-9-25(29-26)17-22-7-3-4-11-27(22)32-2/h3-5,7,9-15,23H,6,8,16-19H2,1-2H3,(H,28,31). The quantitative estimate of drug-likeness (QED) is 0.573. The molecule has 0 radical (unpaired) electrons. The Morgan fingerprint density at radius 3 is 2.69 bits per heavy atom. The molecule has 166 valence electrons. The lowest BCUT2D eigenvalue weighted by molar-refractivity contribution is -0.114. The van der Waals surface area contributed by atoms with Crippen molar-refractivity contribution in [3.63, 3.8) is 0 Å². The molecular weight excluding hydrogens is 398 g/mol. The summed E-state index contributed by atoms with van der Waals surface area (Å²) in [6.45, 7) is 4.56. The number of para-hydroxylation sites is 1. The lowest BCUT2D eigenvalue weighted by Gasteiger charge is -2.32. The van der Waals surface area contributed by atoms with Crippen molar-refractivity contribution in [2.75, 3.05) is 25.5 Å². The van der Waals surface area contributed by atoms with Gasteiger partial charge in [-0.05, 0) is 55.3 Å². The van der Waals surface area contributed by atoms with Crippen LogP contribution in [0.2, 0.25) is 0 Å². The average molecular weight is 430 g/mol. The second-order valence-corrected chi connectivity index (χ2v) is 8.49. The number of nitrogens with zero attached hydrogens (tertiary/aromatic N) is 2. The van der Waals surface area contributed by atoms with Crippen molar-refractivity contribution in [1.29, 1.82) is 0 Å². The summed E-state index contributed by atoms with van der Waals surface area (Å²) in [5, 5.41) is 2.83. The highest BCUT2D eigenvalue weighted by Gasteiger charge is 2.22. The minimum Gasteiger partial charge on any atom is -0.496 e. The van der Waals surface area contributed by atoms with E-state index in [1.807, 2.05) is 30.3 Å². The van der Waals surface area contributed by atoms with Crippen LogP contribution in [0.4, 0.5) is 5.69 Å². The van der Waals surface area contributed by atoms with Crippen LogP contribution < -0.4 is 10.1 Å². The largest absolute Gasteiger partial charge is 0.496 e. The van der Waals surface area contributed by atoms with Gasteiger partial charge < -0.3 is 10.1 Å². The molecule has 1 amide bonds. The zero-order valence-electron chi connectivity index (χ0n) is 18.9. The van der Waals surface area contributed by atoms with Gasteiger partial charge in [-0.2, -0.15) is 0 Å². The number of carbonyl (C=O) groups is 1. The minimum absolute atomic E-state index is 0.0444. The molecule has 2 aromatic carbocycles. The maximum Gasteiger partial charge on any atom is 0.221 e. The van der Waals surface area contributed by atoms with Crippen molar-refractivity contribution in [1.82, 2.24) is 9.88 Å². The van der Waals surface area contributed by atoms with E-state index in [4.69, 9.17) is 9.72 Å². The number of methoxy groups -OCH3 is 1. The molecule has 1 aromatic heterocycles. The van der Waals surface area contributed by atoms with Gasteiger partial charge in [-0.1, -0.05) is 36.4 Å². The first-order chi connectivity index (χ1) is 15.6. The normalized spacial score (nSPS) is 16.5. The third kappa shape index (κ3) is 5.74. The third-order valence-corrected chi connectivity index (χ3v) is 6.00. The van der Waals surface area contributed by atoms with Crippen LogP contribution in [-0.4, -0.2) is 36.0 Å². The fraction of sp³-hybridized carbons (Fsp3) is 0.333. The van der Waals surface area contributed by atoms with Crippen LogP contribution in [0.5, 0.6) is 5.75 Å². The van der Waals surface area contributed by atoms with Gasteiger partial charge in [0.25, 0.3) is 0 Å². The molecule has 32 heavy (non-hydrogen) atoms. The Kier molecular flexibility index (Phi) is 7.17. The molecule has 1 aliphatic heterocycles. The Morgan fingerprint density at radius 1 is 1.09 bits per heavy atom. The SMILES string of the molecule is COc1ccccc1Cc1cccc(C2CCCN(Cc3ccc(NC(C)=O)cc3)C2)n1. The summed E-state index contributed by atoms with van der Waals surface area (Å²) >= 11 is 0. The van der Waals surface area contributed by atoms with E-state index < -0.39 is 0 Å². The number of ether oxygens (including phenoxy) is 1. The number of pyridine rings is 1. The molecule has 0 bridgehead atoms. The molecule has 5 heteroatoms. The maximum absolute atomic E-state index is 11.2. The van der Waals surface area contributed by atoms with Gasteiger partial charge in [0.15, 0.2) is 0 Å². The second kappa shape index (κ2) is 10.4. The number of carbonyl (C=O) groups excluding carboxylic acids is 1. The van der Waals surface area contributed by atoms with Crippen molar-refractivity contribution in [2.24, 2.45) is 0 Å². The predicted octanol–water partition coefficient (Wildman–Crippen LogP) is 5.02. The van der Waals surface area contributed by atoms with Crippen molar-refractivity contribution in [2.45, 2.75) is 38.6 Å². The van der Waals surface area contributed by atoms with Gasteiger partial charge in [0.05, 0.1) is 7.11 Å². The van der Waals surface area contributed by atoms with Gasteiger partial charge in [0.2, 0.25) is 5.91 Å². The van der Waals surface area contributed by atoms with Crippen molar-refractivity contribution >= 4 is 11.6 Å².